The van der Waals surface area contributed by atoms with Crippen LogP contribution < -0.4 is 9.64 Å². The molecule has 0 radical (unpaired) electrons. The first-order valence-electron chi connectivity index (χ1n) is 10.7. The van der Waals surface area contributed by atoms with E-state index in [1.807, 2.05) is 84.9 Å². The van der Waals surface area contributed by atoms with E-state index in [1.54, 1.807) is 4.90 Å². The molecule has 1 saturated heterocycles. The van der Waals surface area contributed by atoms with Gasteiger partial charge in [-0.05, 0) is 74.5 Å². The lowest BCUT2D eigenvalue weighted by Gasteiger charge is -2.26. The molecule has 1 amide bonds. The van der Waals surface area contributed by atoms with Crippen molar-refractivity contribution in [2.45, 2.75) is 19.3 Å². The fourth-order valence-electron chi connectivity index (χ4n) is 3.84. The first-order chi connectivity index (χ1) is 14.8. The molecule has 0 aromatic heterocycles. The molecule has 154 valence electrons. The lowest BCUT2D eigenvalue weighted by Crippen LogP contribution is -2.33. The van der Waals surface area contributed by atoms with Crippen LogP contribution in [0.15, 0.2) is 84.9 Å². The summed E-state index contributed by atoms with van der Waals surface area (Å²) in [5, 5.41) is 0. The fourth-order valence-corrected chi connectivity index (χ4v) is 3.84. The molecule has 3 aromatic rings. The molecule has 1 aliphatic heterocycles. The number of carbonyl (C=O) groups excluding carboxylic acids is 1. The van der Waals surface area contributed by atoms with Crippen LogP contribution in [0.1, 0.15) is 29.6 Å². The van der Waals surface area contributed by atoms with Gasteiger partial charge in [0.15, 0.2) is 0 Å². The third-order valence-corrected chi connectivity index (χ3v) is 5.46. The molecule has 4 nitrogen and oxygen atoms in total. The Kier molecular flexibility index (Phi) is 6.78. The molecule has 1 aliphatic rings. The Balaban J connectivity index is 1.47. The first kappa shape index (κ1) is 20.2. The number of hydrogen-bond acceptors (Lipinski definition) is 3. The number of amides is 1. The van der Waals surface area contributed by atoms with Gasteiger partial charge in [-0.25, -0.2) is 0 Å². The number of hydrogen-bond donors (Lipinski definition) is 0. The number of carbonyl (C=O) groups is 1. The van der Waals surface area contributed by atoms with E-state index < -0.39 is 0 Å². The Morgan fingerprint density at radius 3 is 2.03 bits per heavy atom. The highest BCUT2D eigenvalue weighted by Crippen LogP contribution is 2.29. The van der Waals surface area contributed by atoms with Crippen molar-refractivity contribution in [1.29, 1.82) is 0 Å². The summed E-state index contributed by atoms with van der Waals surface area (Å²) in [6, 6.07) is 26.9. The summed E-state index contributed by atoms with van der Waals surface area (Å²) >= 11 is 0. The van der Waals surface area contributed by atoms with Crippen LogP contribution in [-0.2, 0) is 0 Å². The zero-order chi connectivity index (χ0) is 20.6. The normalized spacial score (nSPS) is 14.3. The topological polar surface area (TPSA) is 32.8 Å². The molecule has 0 N–H and O–H groups in total. The van der Waals surface area contributed by atoms with Crippen molar-refractivity contribution in [2.24, 2.45) is 0 Å². The van der Waals surface area contributed by atoms with Crippen molar-refractivity contribution >= 4 is 17.3 Å². The highest BCUT2D eigenvalue weighted by molar-refractivity contribution is 6.10. The largest absolute Gasteiger partial charge is 0.492 e. The van der Waals surface area contributed by atoms with Gasteiger partial charge in [-0.2, -0.15) is 0 Å². The molecule has 1 heterocycles. The summed E-state index contributed by atoms with van der Waals surface area (Å²) < 4.78 is 5.95. The number of rotatable bonds is 7. The fraction of sp³-hybridized carbons (Fsp3) is 0.269. The molecule has 3 aromatic carbocycles. The van der Waals surface area contributed by atoms with Crippen LogP contribution in [0.3, 0.4) is 0 Å². The average Bonchev–Trinajstić information content (AvgIpc) is 2.82. The highest BCUT2D eigenvalue weighted by atomic mass is 16.5. The van der Waals surface area contributed by atoms with Gasteiger partial charge in [-0.1, -0.05) is 42.8 Å². The third-order valence-electron chi connectivity index (χ3n) is 5.46. The van der Waals surface area contributed by atoms with Crippen LogP contribution in [0, 0.1) is 0 Å². The van der Waals surface area contributed by atoms with Gasteiger partial charge in [0.05, 0.1) is 0 Å². The molecule has 4 heteroatoms. The van der Waals surface area contributed by atoms with E-state index in [4.69, 9.17) is 4.74 Å². The van der Waals surface area contributed by atoms with E-state index in [2.05, 4.69) is 4.90 Å². The predicted molar refractivity (Wildman–Crippen MR) is 122 cm³/mol. The van der Waals surface area contributed by atoms with Crippen molar-refractivity contribution in [1.82, 2.24) is 4.90 Å². The Labute approximate surface area is 178 Å². The van der Waals surface area contributed by atoms with E-state index in [0.717, 1.165) is 23.7 Å². The zero-order valence-electron chi connectivity index (χ0n) is 17.2. The second kappa shape index (κ2) is 10.1. The first-order valence-corrected chi connectivity index (χ1v) is 10.7. The van der Waals surface area contributed by atoms with Crippen molar-refractivity contribution in [3.63, 3.8) is 0 Å². The molecule has 0 aliphatic carbocycles. The number of anilines is 2. The summed E-state index contributed by atoms with van der Waals surface area (Å²) in [5.41, 5.74) is 2.31. The number of ether oxygens (including phenoxy) is 1. The summed E-state index contributed by atoms with van der Waals surface area (Å²) in [4.78, 5) is 17.5. The van der Waals surface area contributed by atoms with E-state index in [0.29, 0.717) is 12.2 Å². The van der Waals surface area contributed by atoms with Crippen molar-refractivity contribution in [3.05, 3.63) is 90.5 Å². The Morgan fingerprint density at radius 2 is 1.37 bits per heavy atom. The Morgan fingerprint density at radius 1 is 0.767 bits per heavy atom. The number of benzene rings is 3. The van der Waals surface area contributed by atoms with Gasteiger partial charge in [0, 0.05) is 23.5 Å². The van der Waals surface area contributed by atoms with E-state index in [-0.39, 0.29) is 5.91 Å². The van der Waals surface area contributed by atoms with Gasteiger partial charge >= 0.3 is 0 Å². The van der Waals surface area contributed by atoms with Gasteiger partial charge in [0.25, 0.3) is 5.91 Å². The number of likely N-dealkylation sites (tertiary alicyclic amines) is 1. The van der Waals surface area contributed by atoms with Gasteiger partial charge < -0.3 is 4.74 Å². The molecular weight excluding hydrogens is 372 g/mol. The van der Waals surface area contributed by atoms with Gasteiger partial charge in [-0.3, -0.25) is 14.6 Å². The van der Waals surface area contributed by atoms with Gasteiger partial charge in [0.1, 0.15) is 12.4 Å². The Bertz CT molecular complexity index is 920. The molecule has 0 bridgehead atoms. The van der Waals surface area contributed by atoms with E-state index in [1.165, 1.54) is 32.4 Å². The van der Waals surface area contributed by atoms with Crippen LogP contribution in [-0.4, -0.2) is 37.0 Å². The number of para-hydroxylation sites is 1. The van der Waals surface area contributed by atoms with Crippen molar-refractivity contribution < 1.29 is 9.53 Å². The maximum absolute atomic E-state index is 13.3. The van der Waals surface area contributed by atoms with Crippen molar-refractivity contribution in [3.8, 4) is 5.75 Å². The molecule has 0 atom stereocenters. The molecule has 0 saturated carbocycles. The summed E-state index contributed by atoms with van der Waals surface area (Å²) in [6.45, 7) is 4.00. The SMILES string of the molecule is O=C(c1ccccc1)N(c1ccccc1)c1ccc(OCCN2CCCCC2)cc1. The smallest absolute Gasteiger partial charge is 0.262 e. The molecule has 0 spiro atoms. The van der Waals surface area contributed by atoms with Gasteiger partial charge in [0.2, 0.25) is 0 Å². The van der Waals surface area contributed by atoms with E-state index in [9.17, 15) is 4.79 Å². The lowest BCUT2D eigenvalue weighted by molar-refractivity contribution is 0.0999. The van der Waals surface area contributed by atoms with Crippen LogP contribution in [0.5, 0.6) is 5.75 Å². The van der Waals surface area contributed by atoms with Crippen LogP contribution in [0.25, 0.3) is 0 Å². The summed E-state index contributed by atoms with van der Waals surface area (Å²) in [5.74, 6) is 0.775. The summed E-state index contributed by atoms with van der Waals surface area (Å²) in [6.07, 6.45) is 3.93. The quantitative estimate of drug-likeness (QED) is 0.523. The minimum absolute atomic E-state index is 0.0550. The molecule has 0 unspecified atom stereocenters. The lowest BCUT2D eigenvalue weighted by atomic mass is 10.1. The monoisotopic (exact) mass is 400 g/mol. The third kappa shape index (κ3) is 5.08. The number of piperidine rings is 1. The second-order valence-electron chi connectivity index (χ2n) is 7.59. The second-order valence-corrected chi connectivity index (χ2v) is 7.59. The minimum atomic E-state index is -0.0550. The standard InChI is InChI=1S/C26H28N2O2/c29-26(22-10-4-1-5-11-22)28(23-12-6-2-7-13-23)24-14-16-25(17-15-24)30-21-20-27-18-8-3-9-19-27/h1-2,4-7,10-17H,3,8-9,18-21H2. The van der Waals surface area contributed by atoms with Crippen LogP contribution >= 0.6 is 0 Å². The average molecular weight is 401 g/mol. The minimum Gasteiger partial charge on any atom is -0.492 e. The van der Waals surface area contributed by atoms with Crippen molar-refractivity contribution in [2.75, 3.05) is 31.1 Å². The molecular formula is C26H28N2O2. The van der Waals surface area contributed by atoms with E-state index >= 15 is 0 Å². The predicted octanol–water partition coefficient (Wildman–Crippen LogP) is 5.53. The number of nitrogens with zero attached hydrogens (tertiary/aromatic N) is 2. The maximum atomic E-state index is 13.3. The van der Waals surface area contributed by atoms with Gasteiger partial charge in [-0.15, -0.1) is 0 Å². The van der Waals surface area contributed by atoms with Crippen LogP contribution in [0.2, 0.25) is 0 Å². The highest BCUT2D eigenvalue weighted by Gasteiger charge is 2.19. The molecule has 4 rings (SSSR count). The Hall–Kier alpha value is -3.11. The molecule has 30 heavy (non-hydrogen) atoms. The van der Waals surface area contributed by atoms with Crippen LogP contribution in [0.4, 0.5) is 11.4 Å². The zero-order valence-corrected chi connectivity index (χ0v) is 17.2. The summed E-state index contributed by atoms with van der Waals surface area (Å²) in [7, 11) is 0. The maximum Gasteiger partial charge on any atom is 0.262 e. The molecule has 1 fully saturated rings.